The van der Waals surface area contributed by atoms with E-state index in [1.54, 1.807) is 35.7 Å². The minimum Gasteiger partial charge on any atom is -0.497 e. The zero-order valence-electron chi connectivity index (χ0n) is 15.3. The van der Waals surface area contributed by atoms with Crippen LogP contribution in [0.15, 0.2) is 29.2 Å². The summed E-state index contributed by atoms with van der Waals surface area (Å²) in [6.45, 7) is 5.60. The summed E-state index contributed by atoms with van der Waals surface area (Å²) in [6, 6.07) is 6.68. The molecule has 2 fully saturated rings. The van der Waals surface area contributed by atoms with Crippen LogP contribution in [0, 0.1) is 5.92 Å². The van der Waals surface area contributed by atoms with E-state index in [0.717, 1.165) is 32.6 Å². The first-order valence-corrected chi connectivity index (χ1v) is 10.3. The van der Waals surface area contributed by atoms with E-state index in [1.807, 2.05) is 6.92 Å². The van der Waals surface area contributed by atoms with E-state index in [0.29, 0.717) is 29.7 Å². The van der Waals surface area contributed by atoms with Crippen LogP contribution < -0.4 is 4.74 Å². The van der Waals surface area contributed by atoms with Gasteiger partial charge in [-0.05, 0) is 51.4 Å². The first-order valence-electron chi connectivity index (χ1n) is 8.84. The van der Waals surface area contributed by atoms with Crippen LogP contribution in [0.5, 0.6) is 5.75 Å². The van der Waals surface area contributed by atoms with E-state index in [1.165, 1.54) is 0 Å². The molecule has 25 heavy (non-hydrogen) atoms. The lowest BCUT2D eigenvalue weighted by Gasteiger charge is -2.57. The van der Waals surface area contributed by atoms with Crippen molar-refractivity contribution in [3.63, 3.8) is 0 Å². The van der Waals surface area contributed by atoms with Gasteiger partial charge >= 0.3 is 0 Å². The van der Waals surface area contributed by atoms with Crippen LogP contribution in [0.1, 0.15) is 19.8 Å². The summed E-state index contributed by atoms with van der Waals surface area (Å²) >= 11 is 0. The van der Waals surface area contributed by atoms with Crippen molar-refractivity contribution in [1.82, 2.24) is 9.21 Å². The van der Waals surface area contributed by atoms with Crippen LogP contribution >= 0.6 is 0 Å². The topological polar surface area (TPSA) is 59.1 Å². The highest BCUT2D eigenvalue weighted by molar-refractivity contribution is 7.89. The maximum atomic E-state index is 12.9. The van der Waals surface area contributed by atoms with Crippen molar-refractivity contribution < 1.29 is 17.9 Å². The van der Waals surface area contributed by atoms with Crippen LogP contribution in [0.3, 0.4) is 0 Å². The molecule has 1 spiro atoms. The van der Waals surface area contributed by atoms with Gasteiger partial charge in [0.25, 0.3) is 0 Å². The highest BCUT2D eigenvalue weighted by atomic mass is 32.2. The van der Waals surface area contributed by atoms with Crippen molar-refractivity contribution in [3.05, 3.63) is 24.3 Å². The Morgan fingerprint density at radius 3 is 2.76 bits per heavy atom. The molecule has 0 aromatic heterocycles. The molecule has 0 N–H and O–H groups in total. The highest BCUT2D eigenvalue weighted by Gasteiger charge is 2.53. The monoisotopic (exact) mass is 368 g/mol. The van der Waals surface area contributed by atoms with E-state index in [4.69, 9.17) is 9.47 Å². The predicted octanol–water partition coefficient (Wildman–Crippen LogP) is 1.82. The summed E-state index contributed by atoms with van der Waals surface area (Å²) in [5.41, 5.74) is -0.0496. The molecule has 3 rings (SSSR count). The number of rotatable bonds is 6. The molecule has 2 saturated heterocycles. The number of ether oxygens (including phenoxy) is 2. The van der Waals surface area contributed by atoms with Gasteiger partial charge in [-0.25, -0.2) is 8.42 Å². The highest BCUT2D eigenvalue weighted by Crippen LogP contribution is 2.40. The number of sulfonamides is 1. The fraction of sp³-hybridized carbons (Fsp3) is 0.667. The van der Waals surface area contributed by atoms with Crippen molar-refractivity contribution in [2.75, 3.05) is 47.0 Å². The van der Waals surface area contributed by atoms with Crippen LogP contribution in [-0.2, 0) is 14.8 Å². The number of hydrogen-bond donors (Lipinski definition) is 0. The molecule has 2 aliphatic heterocycles. The molecule has 1 atom stereocenters. The molecule has 2 aliphatic rings. The molecule has 140 valence electrons. The summed E-state index contributed by atoms with van der Waals surface area (Å²) < 4.78 is 38.1. The minimum atomic E-state index is -3.47. The quantitative estimate of drug-likeness (QED) is 0.767. The van der Waals surface area contributed by atoms with E-state index in [-0.39, 0.29) is 5.54 Å². The van der Waals surface area contributed by atoms with Crippen molar-refractivity contribution >= 4 is 10.0 Å². The van der Waals surface area contributed by atoms with Crippen molar-refractivity contribution in [2.24, 2.45) is 5.92 Å². The van der Waals surface area contributed by atoms with Gasteiger partial charge in [-0.2, -0.15) is 4.31 Å². The lowest BCUT2D eigenvalue weighted by Crippen LogP contribution is -2.72. The molecule has 6 nitrogen and oxygen atoms in total. The number of piperidine rings is 1. The van der Waals surface area contributed by atoms with Crippen molar-refractivity contribution in [1.29, 1.82) is 0 Å². The molecule has 2 heterocycles. The summed E-state index contributed by atoms with van der Waals surface area (Å²) in [6.07, 6.45) is 2.11. The third kappa shape index (κ3) is 3.56. The molecule has 1 aromatic carbocycles. The number of likely N-dealkylation sites (tertiary alicyclic amines) is 1. The molecule has 1 aromatic rings. The second-order valence-electron chi connectivity index (χ2n) is 7.12. The Balaban J connectivity index is 1.71. The number of likely N-dealkylation sites (N-methyl/N-ethyl adjacent to an activating group) is 1. The van der Waals surface area contributed by atoms with E-state index >= 15 is 0 Å². The van der Waals surface area contributed by atoms with Gasteiger partial charge in [0.2, 0.25) is 10.0 Å². The molecular weight excluding hydrogens is 340 g/mol. The van der Waals surface area contributed by atoms with E-state index in [2.05, 4.69) is 11.9 Å². The Hall–Kier alpha value is -1.15. The van der Waals surface area contributed by atoms with Crippen molar-refractivity contribution in [3.8, 4) is 5.75 Å². The first kappa shape index (κ1) is 18.6. The summed E-state index contributed by atoms with van der Waals surface area (Å²) in [7, 11) is 0.172. The molecule has 7 heteroatoms. The van der Waals surface area contributed by atoms with Gasteiger partial charge in [0.1, 0.15) is 5.75 Å². The van der Waals surface area contributed by atoms with Gasteiger partial charge in [0.05, 0.1) is 12.0 Å². The Morgan fingerprint density at radius 1 is 1.32 bits per heavy atom. The number of hydrogen-bond acceptors (Lipinski definition) is 5. The maximum absolute atomic E-state index is 12.9. The minimum absolute atomic E-state index is 0.0496. The molecule has 0 bridgehead atoms. The Labute approximate surface area is 150 Å². The second kappa shape index (κ2) is 7.23. The smallest absolute Gasteiger partial charge is 0.243 e. The zero-order valence-corrected chi connectivity index (χ0v) is 16.1. The van der Waals surface area contributed by atoms with Gasteiger partial charge in [-0.15, -0.1) is 0 Å². The van der Waals surface area contributed by atoms with Gasteiger partial charge in [-0.3, -0.25) is 4.90 Å². The van der Waals surface area contributed by atoms with Gasteiger partial charge in [0.15, 0.2) is 0 Å². The Bertz CT molecular complexity index is 699. The van der Waals surface area contributed by atoms with Crippen LogP contribution in [0.25, 0.3) is 0 Å². The van der Waals surface area contributed by atoms with E-state index < -0.39 is 10.0 Å². The fourth-order valence-corrected chi connectivity index (χ4v) is 5.53. The normalized spacial score (nSPS) is 24.2. The van der Waals surface area contributed by atoms with Gasteiger partial charge in [0, 0.05) is 37.9 Å². The number of nitrogens with zero attached hydrogens (tertiary/aromatic N) is 2. The average Bonchev–Trinajstić information content (AvgIpc) is 2.59. The summed E-state index contributed by atoms with van der Waals surface area (Å²) in [5, 5.41) is 0. The van der Waals surface area contributed by atoms with E-state index in [9.17, 15) is 8.42 Å². The van der Waals surface area contributed by atoms with Crippen LogP contribution in [-0.4, -0.2) is 70.2 Å². The standard InChI is InChI=1S/C18H28N2O4S/c1-4-24-12-15-8-9-19(2)18(11-15)13-20(14-18)25(21,22)17-7-5-6-16(10-17)23-3/h5-7,10,15H,4,8-9,11-14H2,1-3H3/t15-/m1/s1. The van der Waals surface area contributed by atoms with Crippen molar-refractivity contribution in [2.45, 2.75) is 30.2 Å². The molecule has 0 saturated carbocycles. The second-order valence-corrected chi connectivity index (χ2v) is 9.05. The summed E-state index contributed by atoms with van der Waals surface area (Å²) in [4.78, 5) is 2.62. The number of benzene rings is 1. The molecule has 0 amide bonds. The Morgan fingerprint density at radius 2 is 2.08 bits per heavy atom. The molecule has 0 aliphatic carbocycles. The largest absolute Gasteiger partial charge is 0.497 e. The average molecular weight is 368 g/mol. The lowest BCUT2D eigenvalue weighted by atomic mass is 9.77. The Kier molecular flexibility index (Phi) is 5.39. The first-order chi connectivity index (χ1) is 11.9. The molecule has 0 unspecified atom stereocenters. The predicted molar refractivity (Wildman–Crippen MR) is 96.3 cm³/mol. The molecule has 0 radical (unpaired) electrons. The van der Waals surface area contributed by atoms with Gasteiger partial charge < -0.3 is 9.47 Å². The maximum Gasteiger partial charge on any atom is 0.243 e. The SMILES string of the molecule is CCOC[C@@H]1CCN(C)C2(C1)CN(S(=O)(=O)c1cccc(OC)c1)C2. The lowest BCUT2D eigenvalue weighted by molar-refractivity contribution is -0.0576. The van der Waals surface area contributed by atoms with Crippen LogP contribution in [0.4, 0.5) is 0 Å². The third-order valence-corrected chi connectivity index (χ3v) is 7.32. The fourth-order valence-electron chi connectivity index (χ4n) is 3.90. The third-order valence-electron chi connectivity index (χ3n) is 5.53. The summed E-state index contributed by atoms with van der Waals surface area (Å²) in [5.74, 6) is 1.07. The van der Waals surface area contributed by atoms with Gasteiger partial charge in [-0.1, -0.05) is 6.07 Å². The molecular formula is C18H28N2O4S. The van der Waals surface area contributed by atoms with Crippen LogP contribution in [0.2, 0.25) is 0 Å². The zero-order chi connectivity index (χ0) is 18.1. The number of methoxy groups -OCH3 is 1.